The molecule has 19 heavy (non-hydrogen) atoms. The first-order valence-corrected chi connectivity index (χ1v) is 6.92. The molecule has 1 unspecified atom stereocenters. The van der Waals surface area contributed by atoms with E-state index in [1.807, 2.05) is 23.9 Å². The van der Waals surface area contributed by atoms with Crippen molar-refractivity contribution in [2.75, 3.05) is 0 Å². The van der Waals surface area contributed by atoms with Crippen LogP contribution in [0.4, 0.5) is 0 Å². The molecule has 0 spiro atoms. The molecule has 0 saturated carbocycles. The van der Waals surface area contributed by atoms with E-state index in [2.05, 4.69) is 37.1 Å². The van der Waals surface area contributed by atoms with Crippen molar-refractivity contribution in [3.05, 3.63) is 52.8 Å². The highest BCUT2D eigenvalue weighted by molar-refractivity contribution is 5.25. The van der Waals surface area contributed by atoms with Crippen molar-refractivity contribution >= 4 is 0 Å². The Labute approximate surface area is 114 Å². The number of aryl methyl sites for hydroxylation is 3. The highest BCUT2D eigenvalue weighted by Crippen LogP contribution is 2.19. The van der Waals surface area contributed by atoms with Crippen molar-refractivity contribution in [2.45, 2.75) is 39.2 Å². The monoisotopic (exact) mass is 258 g/mol. The average Bonchev–Trinajstić information content (AvgIpc) is 2.79. The van der Waals surface area contributed by atoms with E-state index in [1.54, 1.807) is 0 Å². The summed E-state index contributed by atoms with van der Waals surface area (Å²) in [5.41, 5.74) is 4.41. The number of aliphatic hydroxyl groups is 1. The second-order valence-corrected chi connectivity index (χ2v) is 4.92. The molecule has 1 aromatic heterocycles. The van der Waals surface area contributed by atoms with E-state index in [0.717, 1.165) is 29.8 Å². The summed E-state index contributed by atoms with van der Waals surface area (Å²) in [6, 6.07) is 10.3. The number of rotatable bonds is 5. The molecule has 1 heterocycles. The van der Waals surface area contributed by atoms with Crippen LogP contribution in [0.3, 0.4) is 0 Å². The summed E-state index contributed by atoms with van der Waals surface area (Å²) in [6.07, 6.45) is 2.09. The van der Waals surface area contributed by atoms with Gasteiger partial charge in [0.15, 0.2) is 0 Å². The van der Waals surface area contributed by atoms with Gasteiger partial charge < -0.3 is 5.11 Å². The van der Waals surface area contributed by atoms with Crippen molar-refractivity contribution in [3.63, 3.8) is 0 Å². The number of benzene rings is 1. The summed E-state index contributed by atoms with van der Waals surface area (Å²) >= 11 is 0. The molecule has 3 heteroatoms. The molecule has 2 aromatic rings. The fraction of sp³-hybridized carbons (Fsp3) is 0.438. The molecule has 1 aromatic carbocycles. The smallest absolute Gasteiger partial charge is 0.0845 e. The third-order valence-corrected chi connectivity index (χ3v) is 3.56. The van der Waals surface area contributed by atoms with Crippen LogP contribution in [0, 0.1) is 0 Å². The molecule has 0 saturated heterocycles. The Hall–Kier alpha value is -1.61. The van der Waals surface area contributed by atoms with Crippen LogP contribution in [0.15, 0.2) is 30.3 Å². The molecule has 0 aliphatic carbocycles. The van der Waals surface area contributed by atoms with Gasteiger partial charge in [0.25, 0.3) is 0 Å². The molecular formula is C16H22N2O. The van der Waals surface area contributed by atoms with Crippen molar-refractivity contribution in [1.29, 1.82) is 0 Å². The van der Waals surface area contributed by atoms with Crippen molar-refractivity contribution in [2.24, 2.45) is 7.05 Å². The summed E-state index contributed by atoms with van der Waals surface area (Å²) in [6.45, 7) is 4.22. The maximum Gasteiger partial charge on any atom is 0.0845 e. The van der Waals surface area contributed by atoms with Crippen LogP contribution in [-0.2, 0) is 26.3 Å². The Morgan fingerprint density at radius 3 is 2.37 bits per heavy atom. The number of hydrogen-bond donors (Lipinski definition) is 1. The van der Waals surface area contributed by atoms with Gasteiger partial charge in [0.2, 0.25) is 0 Å². The van der Waals surface area contributed by atoms with Gasteiger partial charge in [-0.25, -0.2) is 0 Å². The second kappa shape index (κ2) is 6.02. The third kappa shape index (κ3) is 3.24. The fourth-order valence-corrected chi connectivity index (χ4v) is 2.23. The van der Waals surface area contributed by atoms with Crippen LogP contribution in [0.25, 0.3) is 0 Å². The lowest BCUT2D eigenvalue weighted by Crippen LogP contribution is -2.06. The lowest BCUT2D eigenvalue weighted by Gasteiger charge is -2.11. The molecule has 0 aliphatic rings. The molecule has 2 rings (SSSR count). The first-order chi connectivity index (χ1) is 9.13. The van der Waals surface area contributed by atoms with Gasteiger partial charge in [-0.2, -0.15) is 5.10 Å². The maximum atomic E-state index is 10.3. The molecule has 0 radical (unpaired) electrons. The molecule has 0 bridgehead atoms. The molecule has 1 N–H and O–H groups in total. The van der Waals surface area contributed by atoms with E-state index < -0.39 is 6.10 Å². The lowest BCUT2D eigenvalue weighted by molar-refractivity contribution is 0.176. The first kappa shape index (κ1) is 13.8. The van der Waals surface area contributed by atoms with Crippen LogP contribution in [0.5, 0.6) is 0 Å². The van der Waals surface area contributed by atoms with Gasteiger partial charge in [-0.3, -0.25) is 4.68 Å². The Kier molecular flexibility index (Phi) is 4.38. The van der Waals surface area contributed by atoms with E-state index in [4.69, 9.17) is 0 Å². The molecule has 3 nitrogen and oxygen atoms in total. The number of nitrogens with zero attached hydrogens (tertiary/aromatic N) is 2. The Morgan fingerprint density at radius 2 is 1.84 bits per heavy atom. The zero-order valence-electron chi connectivity index (χ0n) is 11.9. The Morgan fingerprint density at radius 1 is 1.16 bits per heavy atom. The van der Waals surface area contributed by atoms with Gasteiger partial charge in [0.05, 0.1) is 11.8 Å². The zero-order valence-corrected chi connectivity index (χ0v) is 11.9. The normalized spacial score (nSPS) is 12.6. The Bertz CT molecular complexity index is 528. The minimum Gasteiger partial charge on any atom is -0.388 e. The number of aliphatic hydroxyl groups excluding tert-OH is 1. The molecular weight excluding hydrogens is 236 g/mol. The largest absolute Gasteiger partial charge is 0.388 e. The maximum absolute atomic E-state index is 10.3. The predicted octanol–water partition coefficient (Wildman–Crippen LogP) is 2.82. The average molecular weight is 258 g/mol. The van der Waals surface area contributed by atoms with E-state index in [0.29, 0.717) is 6.42 Å². The topological polar surface area (TPSA) is 38.1 Å². The molecule has 0 aliphatic heterocycles. The van der Waals surface area contributed by atoms with Gasteiger partial charge in [0.1, 0.15) is 0 Å². The van der Waals surface area contributed by atoms with E-state index in [-0.39, 0.29) is 0 Å². The van der Waals surface area contributed by atoms with E-state index in [9.17, 15) is 5.11 Å². The summed E-state index contributed by atoms with van der Waals surface area (Å²) < 4.78 is 1.86. The van der Waals surface area contributed by atoms with E-state index in [1.165, 1.54) is 5.56 Å². The molecule has 102 valence electrons. The van der Waals surface area contributed by atoms with Crippen LogP contribution >= 0.6 is 0 Å². The zero-order chi connectivity index (χ0) is 13.8. The minimum atomic E-state index is -0.467. The quantitative estimate of drug-likeness (QED) is 0.895. The second-order valence-electron chi connectivity index (χ2n) is 4.92. The van der Waals surface area contributed by atoms with E-state index >= 15 is 0 Å². The standard InChI is InChI=1S/C16H22N2O/c1-4-12-6-8-13(9-7-12)16(19)11-15-10-14(5-2)17-18(15)3/h6-10,16,19H,4-5,11H2,1-3H3. The summed E-state index contributed by atoms with van der Waals surface area (Å²) in [5, 5.41) is 14.7. The van der Waals surface area contributed by atoms with Crippen molar-refractivity contribution in [3.8, 4) is 0 Å². The molecule has 0 fully saturated rings. The van der Waals surface area contributed by atoms with Gasteiger partial charge in [-0.1, -0.05) is 38.1 Å². The van der Waals surface area contributed by atoms with Gasteiger partial charge in [0, 0.05) is 19.2 Å². The highest BCUT2D eigenvalue weighted by Gasteiger charge is 2.12. The Balaban J connectivity index is 2.10. The SMILES string of the molecule is CCc1ccc(C(O)Cc2cc(CC)nn2C)cc1. The van der Waals surface area contributed by atoms with Crippen molar-refractivity contribution < 1.29 is 5.11 Å². The summed E-state index contributed by atoms with van der Waals surface area (Å²) in [4.78, 5) is 0. The van der Waals surface area contributed by atoms with Gasteiger partial charge in [-0.05, 0) is 30.0 Å². The first-order valence-electron chi connectivity index (χ1n) is 6.92. The van der Waals surface area contributed by atoms with Crippen LogP contribution < -0.4 is 0 Å². The number of hydrogen-bond acceptors (Lipinski definition) is 2. The highest BCUT2D eigenvalue weighted by atomic mass is 16.3. The molecule has 1 atom stereocenters. The van der Waals surface area contributed by atoms with Gasteiger partial charge in [-0.15, -0.1) is 0 Å². The number of aromatic nitrogens is 2. The van der Waals surface area contributed by atoms with Gasteiger partial charge >= 0.3 is 0 Å². The van der Waals surface area contributed by atoms with Crippen LogP contribution in [0.2, 0.25) is 0 Å². The predicted molar refractivity (Wildman–Crippen MR) is 77.1 cm³/mol. The van der Waals surface area contributed by atoms with Crippen molar-refractivity contribution in [1.82, 2.24) is 9.78 Å². The fourth-order valence-electron chi connectivity index (χ4n) is 2.23. The van der Waals surface area contributed by atoms with Crippen LogP contribution in [-0.4, -0.2) is 14.9 Å². The summed E-state index contributed by atoms with van der Waals surface area (Å²) in [7, 11) is 1.93. The lowest BCUT2D eigenvalue weighted by atomic mass is 10.0. The third-order valence-electron chi connectivity index (χ3n) is 3.56. The van der Waals surface area contributed by atoms with Crippen LogP contribution in [0.1, 0.15) is 42.5 Å². The minimum absolute atomic E-state index is 0.467. The summed E-state index contributed by atoms with van der Waals surface area (Å²) in [5.74, 6) is 0. The molecule has 0 amide bonds.